The fraction of sp³-hybridized carbons (Fsp3) is 0.250. The van der Waals surface area contributed by atoms with Gasteiger partial charge in [0.05, 0.1) is 11.8 Å². The minimum atomic E-state index is -3.09. The third-order valence-electron chi connectivity index (χ3n) is 4.67. The van der Waals surface area contributed by atoms with Crippen molar-refractivity contribution < 1.29 is 13.2 Å². The van der Waals surface area contributed by atoms with E-state index < -0.39 is 9.84 Å². The van der Waals surface area contributed by atoms with Gasteiger partial charge in [-0.2, -0.15) is 0 Å². The van der Waals surface area contributed by atoms with E-state index in [-0.39, 0.29) is 17.7 Å². The smallest absolute Gasteiger partial charge is 0.254 e. The molecule has 0 radical (unpaired) electrons. The molecule has 0 saturated heterocycles. The van der Waals surface area contributed by atoms with E-state index >= 15 is 0 Å². The lowest BCUT2D eigenvalue weighted by Gasteiger charge is -2.35. The Labute approximate surface area is 167 Å². The highest BCUT2D eigenvalue weighted by Gasteiger charge is 2.33. The molecule has 3 aromatic rings. The van der Waals surface area contributed by atoms with E-state index in [0.717, 1.165) is 11.3 Å². The van der Waals surface area contributed by atoms with Crippen molar-refractivity contribution >= 4 is 38.4 Å². The minimum absolute atomic E-state index is 0.0126. The van der Waals surface area contributed by atoms with Crippen LogP contribution in [0.1, 0.15) is 37.3 Å². The highest BCUT2D eigenvalue weighted by atomic mass is 32.2. The minimum Gasteiger partial charge on any atom is -0.326 e. The van der Waals surface area contributed by atoms with E-state index in [4.69, 9.17) is 0 Å². The normalized spacial score (nSPS) is 16.9. The molecule has 2 aromatic heterocycles. The molecule has 4 nitrogen and oxygen atoms in total. The van der Waals surface area contributed by atoms with Gasteiger partial charge in [-0.25, -0.2) is 8.42 Å². The van der Waals surface area contributed by atoms with Gasteiger partial charge in [-0.05, 0) is 52.6 Å². The number of hydrogen-bond donors (Lipinski definition) is 0. The fourth-order valence-electron chi connectivity index (χ4n) is 3.50. The number of amides is 1. The van der Waals surface area contributed by atoms with Gasteiger partial charge in [0, 0.05) is 28.1 Å². The first-order valence-electron chi connectivity index (χ1n) is 8.60. The maximum atomic E-state index is 13.2. The quantitative estimate of drug-likeness (QED) is 0.641. The lowest BCUT2D eigenvalue weighted by atomic mass is 9.97. The van der Waals surface area contributed by atoms with E-state index in [2.05, 4.69) is 17.5 Å². The van der Waals surface area contributed by atoms with Gasteiger partial charge in [-0.1, -0.05) is 18.2 Å². The molecule has 0 saturated carbocycles. The molecular formula is C20H19NO3S3. The van der Waals surface area contributed by atoms with Crippen LogP contribution in [0.2, 0.25) is 0 Å². The maximum absolute atomic E-state index is 13.2. The molecule has 3 heterocycles. The number of rotatable bonds is 4. The van der Waals surface area contributed by atoms with Crippen LogP contribution in [0.3, 0.4) is 0 Å². The standard InChI is InChI=1S/C20H19NO3S3/c1-27(23,24)13-14-4-6-15(7-5-14)20(22)21-10-8-17-16(9-12-26-17)19(21)18-3-2-11-25-18/h2-7,9,11-12,19H,8,10,13H2,1H3/t19-/m1/s1. The van der Waals surface area contributed by atoms with E-state index in [1.807, 2.05) is 16.3 Å². The zero-order valence-electron chi connectivity index (χ0n) is 14.8. The summed E-state index contributed by atoms with van der Waals surface area (Å²) >= 11 is 3.42. The molecule has 0 bridgehead atoms. The van der Waals surface area contributed by atoms with E-state index in [0.29, 0.717) is 17.7 Å². The van der Waals surface area contributed by atoms with Gasteiger partial charge < -0.3 is 4.90 Å². The zero-order valence-corrected chi connectivity index (χ0v) is 17.2. The summed E-state index contributed by atoms with van der Waals surface area (Å²) in [6.07, 6.45) is 2.08. The Balaban J connectivity index is 1.64. The number of carbonyl (C=O) groups excluding carboxylic acids is 1. The first-order chi connectivity index (χ1) is 12.9. The lowest BCUT2D eigenvalue weighted by molar-refractivity contribution is 0.0699. The van der Waals surface area contributed by atoms with Crippen molar-refractivity contribution in [2.24, 2.45) is 0 Å². The third-order valence-corrected chi connectivity index (χ3v) is 7.45. The van der Waals surface area contributed by atoms with Crippen LogP contribution in [0, 0.1) is 0 Å². The second kappa shape index (κ2) is 7.22. The molecule has 0 unspecified atom stereocenters. The van der Waals surface area contributed by atoms with Crippen LogP contribution in [0.25, 0.3) is 0 Å². The molecule has 1 amide bonds. The van der Waals surface area contributed by atoms with Crippen molar-refractivity contribution in [2.45, 2.75) is 18.2 Å². The monoisotopic (exact) mass is 417 g/mol. The molecule has 27 heavy (non-hydrogen) atoms. The van der Waals surface area contributed by atoms with Gasteiger partial charge in [0.2, 0.25) is 0 Å². The van der Waals surface area contributed by atoms with Crippen molar-refractivity contribution in [1.29, 1.82) is 0 Å². The molecule has 0 aliphatic carbocycles. The summed E-state index contributed by atoms with van der Waals surface area (Å²) < 4.78 is 22.9. The Kier molecular flexibility index (Phi) is 4.92. The third kappa shape index (κ3) is 3.85. The molecule has 1 atom stereocenters. The zero-order chi connectivity index (χ0) is 19.0. The molecule has 0 spiro atoms. The largest absolute Gasteiger partial charge is 0.326 e. The Bertz CT molecular complexity index is 1050. The van der Waals surface area contributed by atoms with Gasteiger partial charge in [0.25, 0.3) is 5.91 Å². The van der Waals surface area contributed by atoms with E-state index in [1.54, 1.807) is 46.9 Å². The Morgan fingerprint density at radius 1 is 1.11 bits per heavy atom. The molecule has 0 N–H and O–H groups in total. The van der Waals surface area contributed by atoms with Gasteiger partial charge in [-0.3, -0.25) is 4.79 Å². The number of nitrogens with zero attached hydrogens (tertiary/aromatic N) is 1. The average Bonchev–Trinajstić information content (AvgIpc) is 3.31. The van der Waals surface area contributed by atoms with Gasteiger partial charge in [0.1, 0.15) is 0 Å². The van der Waals surface area contributed by atoms with E-state index in [1.165, 1.54) is 16.7 Å². The number of hydrogen-bond acceptors (Lipinski definition) is 5. The Hall–Kier alpha value is -1.96. The van der Waals surface area contributed by atoms with Crippen LogP contribution in [0.4, 0.5) is 0 Å². The van der Waals surface area contributed by atoms with Crippen molar-refractivity contribution in [3.05, 3.63) is 79.7 Å². The van der Waals surface area contributed by atoms with Crippen molar-refractivity contribution in [3.8, 4) is 0 Å². The van der Waals surface area contributed by atoms with Crippen molar-refractivity contribution in [3.63, 3.8) is 0 Å². The second-order valence-electron chi connectivity index (χ2n) is 6.73. The summed E-state index contributed by atoms with van der Waals surface area (Å²) in [5.74, 6) is -0.0301. The molecular weight excluding hydrogens is 398 g/mol. The van der Waals surface area contributed by atoms with Crippen LogP contribution < -0.4 is 0 Å². The number of thiophene rings is 2. The summed E-state index contributed by atoms with van der Waals surface area (Å²) in [6.45, 7) is 0.681. The maximum Gasteiger partial charge on any atom is 0.254 e. The molecule has 1 aromatic carbocycles. The van der Waals surface area contributed by atoms with Gasteiger partial charge in [-0.15, -0.1) is 22.7 Å². The van der Waals surface area contributed by atoms with Crippen molar-refractivity contribution in [1.82, 2.24) is 4.90 Å². The topological polar surface area (TPSA) is 54.5 Å². The summed E-state index contributed by atoms with van der Waals surface area (Å²) in [5.41, 5.74) is 2.51. The predicted molar refractivity (Wildman–Crippen MR) is 110 cm³/mol. The lowest BCUT2D eigenvalue weighted by Crippen LogP contribution is -2.39. The van der Waals surface area contributed by atoms with Crippen LogP contribution >= 0.6 is 22.7 Å². The van der Waals surface area contributed by atoms with Crippen LogP contribution in [0.5, 0.6) is 0 Å². The summed E-state index contributed by atoms with van der Waals surface area (Å²) in [7, 11) is -3.09. The number of sulfone groups is 1. The van der Waals surface area contributed by atoms with Crippen molar-refractivity contribution in [2.75, 3.05) is 12.8 Å². The predicted octanol–water partition coefficient (Wildman–Crippen LogP) is 4.14. The molecule has 1 aliphatic heterocycles. The summed E-state index contributed by atoms with van der Waals surface area (Å²) in [6, 6.07) is 13.1. The highest BCUT2D eigenvalue weighted by Crippen LogP contribution is 2.40. The van der Waals surface area contributed by atoms with Crippen LogP contribution in [0.15, 0.2) is 53.2 Å². The number of carbonyl (C=O) groups is 1. The molecule has 4 rings (SSSR count). The molecule has 1 aliphatic rings. The highest BCUT2D eigenvalue weighted by molar-refractivity contribution is 7.89. The van der Waals surface area contributed by atoms with Gasteiger partial charge >= 0.3 is 0 Å². The summed E-state index contributed by atoms with van der Waals surface area (Å²) in [4.78, 5) is 17.7. The average molecular weight is 418 g/mol. The molecule has 140 valence electrons. The van der Waals surface area contributed by atoms with Crippen LogP contribution in [-0.4, -0.2) is 32.0 Å². The first kappa shape index (κ1) is 18.4. The number of benzene rings is 1. The fourth-order valence-corrected chi connectivity index (χ4v) is 6.06. The van der Waals surface area contributed by atoms with E-state index in [9.17, 15) is 13.2 Å². The molecule has 0 fully saturated rings. The molecule has 7 heteroatoms. The first-order valence-corrected chi connectivity index (χ1v) is 12.4. The second-order valence-corrected chi connectivity index (χ2v) is 10.9. The van der Waals surface area contributed by atoms with Gasteiger partial charge in [0.15, 0.2) is 9.84 Å². The number of fused-ring (bicyclic) bond motifs is 1. The van der Waals surface area contributed by atoms with Crippen LogP contribution in [-0.2, 0) is 22.0 Å². The summed E-state index contributed by atoms with van der Waals surface area (Å²) in [5, 5.41) is 4.14. The SMILES string of the molecule is CS(=O)(=O)Cc1ccc(C(=O)N2CCc3sccc3[C@@H]2c2cccs2)cc1. The Morgan fingerprint density at radius 2 is 1.89 bits per heavy atom. The Morgan fingerprint density at radius 3 is 2.56 bits per heavy atom.